The van der Waals surface area contributed by atoms with Crippen molar-refractivity contribution in [2.75, 3.05) is 11.5 Å². The molecule has 138 valence electrons. The number of aliphatic hydroxyl groups is 2. The van der Waals surface area contributed by atoms with Gasteiger partial charge in [-0.3, -0.25) is 14.3 Å². The maximum Gasteiger partial charge on any atom is 0.351 e. The van der Waals surface area contributed by atoms with Crippen molar-refractivity contribution in [3.05, 3.63) is 58.6 Å². The highest BCUT2D eigenvalue weighted by Gasteiger charge is 2.35. The summed E-state index contributed by atoms with van der Waals surface area (Å²) in [5.74, 6) is 0.0197. The van der Waals surface area contributed by atoms with E-state index in [9.17, 15) is 14.7 Å². The Morgan fingerprint density at radius 1 is 1.35 bits per heavy atom. The van der Waals surface area contributed by atoms with E-state index in [0.717, 1.165) is 5.56 Å². The number of hydrogen-bond donors (Lipinski definition) is 2. The molecule has 2 aromatic rings. The number of benzene rings is 1. The summed E-state index contributed by atoms with van der Waals surface area (Å²) in [6.45, 7) is 1.39. The summed E-state index contributed by atoms with van der Waals surface area (Å²) in [6, 6.07) is 11.0. The molecule has 1 aromatic carbocycles. The highest BCUT2D eigenvalue weighted by Crippen LogP contribution is 2.27. The van der Waals surface area contributed by atoms with E-state index in [0.29, 0.717) is 6.54 Å². The summed E-state index contributed by atoms with van der Waals surface area (Å²) >= 11 is 0. The number of aliphatic hydroxyl groups excluding tert-OH is 2. The molecular weight excluding hydrogens is 338 g/mol. The van der Waals surface area contributed by atoms with E-state index >= 15 is 0 Å². The molecule has 1 amide bonds. The van der Waals surface area contributed by atoms with Crippen molar-refractivity contribution in [3.8, 4) is 0 Å². The molecule has 0 unspecified atom stereocenters. The Balaban J connectivity index is 1.83. The number of ether oxygens (including phenoxy) is 1. The lowest BCUT2D eigenvalue weighted by Gasteiger charge is -2.21. The predicted molar refractivity (Wildman–Crippen MR) is 93.4 cm³/mol. The van der Waals surface area contributed by atoms with E-state index in [1.165, 1.54) is 22.6 Å². The second-order valence-electron chi connectivity index (χ2n) is 6.18. The Hall–Kier alpha value is -2.55. The normalized spacial score (nSPS) is 22.3. The molecule has 3 atom stereocenters. The van der Waals surface area contributed by atoms with Crippen LogP contribution in [0.4, 0.5) is 5.82 Å². The second-order valence-corrected chi connectivity index (χ2v) is 6.18. The molecule has 1 aromatic heterocycles. The number of nitrogens with zero attached hydrogens (tertiary/aromatic N) is 3. The smallest absolute Gasteiger partial charge is 0.351 e. The number of amides is 1. The van der Waals surface area contributed by atoms with Crippen molar-refractivity contribution in [2.45, 2.75) is 38.3 Å². The fourth-order valence-electron chi connectivity index (χ4n) is 2.94. The first-order chi connectivity index (χ1) is 12.5. The Kier molecular flexibility index (Phi) is 5.46. The number of hydrogen-bond acceptors (Lipinski definition) is 6. The predicted octanol–water partition coefficient (Wildman–Crippen LogP) is 0.437. The average Bonchev–Trinajstić information content (AvgIpc) is 3.00. The first-order valence-electron chi connectivity index (χ1n) is 8.35. The Morgan fingerprint density at radius 2 is 2.08 bits per heavy atom. The zero-order valence-corrected chi connectivity index (χ0v) is 14.4. The molecule has 2 N–H and O–H groups in total. The van der Waals surface area contributed by atoms with Gasteiger partial charge in [-0.2, -0.15) is 4.98 Å². The van der Waals surface area contributed by atoms with Gasteiger partial charge in [0.1, 0.15) is 18.1 Å². The minimum absolute atomic E-state index is 0.187. The molecule has 0 aliphatic carbocycles. The van der Waals surface area contributed by atoms with Gasteiger partial charge in [0.05, 0.1) is 19.3 Å². The molecule has 3 rings (SSSR count). The lowest BCUT2D eigenvalue weighted by atomic mass is 10.2. The van der Waals surface area contributed by atoms with E-state index in [1.807, 2.05) is 30.3 Å². The van der Waals surface area contributed by atoms with Gasteiger partial charge in [0.15, 0.2) is 0 Å². The zero-order valence-electron chi connectivity index (χ0n) is 14.4. The van der Waals surface area contributed by atoms with Crippen LogP contribution in [0.15, 0.2) is 47.4 Å². The van der Waals surface area contributed by atoms with Gasteiger partial charge in [-0.15, -0.1) is 0 Å². The van der Waals surface area contributed by atoms with Crippen LogP contribution in [0.5, 0.6) is 0 Å². The van der Waals surface area contributed by atoms with Gasteiger partial charge in [-0.05, 0) is 11.6 Å². The van der Waals surface area contributed by atoms with Crippen LogP contribution in [0, 0.1) is 0 Å². The molecule has 1 fully saturated rings. The highest BCUT2D eigenvalue weighted by molar-refractivity contribution is 5.90. The van der Waals surface area contributed by atoms with Crippen LogP contribution in [0.1, 0.15) is 25.1 Å². The van der Waals surface area contributed by atoms with Crippen molar-refractivity contribution in [2.24, 2.45) is 0 Å². The maximum absolute atomic E-state index is 12.4. The molecule has 8 nitrogen and oxygen atoms in total. The van der Waals surface area contributed by atoms with Gasteiger partial charge < -0.3 is 14.9 Å². The third-order valence-electron chi connectivity index (χ3n) is 4.35. The van der Waals surface area contributed by atoms with Gasteiger partial charge >= 0.3 is 5.69 Å². The van der Waals surface area contributed by atoms with Gasteiger partial charge in [0.25, 0.3) is 0 Å². The standard InChI is InChI=1S/C18H21N3O5/c1-12(23)21(10-13-5-3-2-4-6-13)16-7-8-20(18(25)19-16)17-9-14(24)15(11-22)26-17/h2-8,14-15,17,22,24H,9-11H2,1H3/t14-,15+,17+/m0/s1. The Bertz CT molecular complexity index is 823. The minimum Gasteiger partial charge on any atom is -0.394 e. The van der Waals surface area contributed by atoms with E-state index in [-0.39, 0.29) is 24.8 Å². The number of aromatic nitrogens is 2. The van der Waals surface area contributed by atoms with Gasteiger partial charge in [0, 0.05) is 19.5 Å². The van der Waals surface area contributed by atoms with Crippen LogP contribution in [0.2, 0.25) is 0 Å². The van der Waals surface area contributed by atoms with Crippen LogP contribution >= 0.6 is 0 Å². The van der Waals surface area contributed by atoms with Gasteiger partial charge in [-0.25, -0.2) is 4.79 Å². The van der Waals surface area contributed by atoms with Gasteiger partial charge in [-0.1, -0.05) is 30.3 Å². The van der Waals surface area contributed by atoms with Crippen molar-refractivity contribution in [1.82, 2.24) is 9.55 Å². The summed E-state index contributed by atoms with van der Waals surface area (Å²) in [5, 5.41) is 19.0. The fourth-order valence-corrected chi connectivity index (χ4v) is 2.94. The third-order valence-corrected chi connectivity index (χ3v) is 4.35. The zero-order chi connectivity index (χ0) is 18.7. The van der Waals surface area contributed by atoms with Crippen LogP contribution in [-0.2, 0) is 16.1 Å². The molecular formula is C18H21N3O5. The van der Waals surface area contributed by atoms with Crippen molar-refractivity contribution in [3.63, 3.8) is 0 Å². The molecule has 0 spiro atoms. The van der Waals surface area contributed by atoms with Crippen LogP contribution in [0.3, 0.4) is 0 Å². The van der Waals surface area contributed by atoms with Crippen molar-refractivity contribution < 1.29 is 19.7 Å². The molecule has 1 aliphatic heterocycles. The largest absolute Gasteiger partial charge is 0.394 e. The number of anilines is 1. The molecule has 0 radical (unpaired) electrons. The summed E-state index contributed by atoms with van der Waals surface area (Å²) in [4.78, 5) is 29.8. The molecule has 1 aliphatic rings. The van der Waals surface area contributed by atoms with Gasteiger partial charge in [0.2, 0.25) is 5.91 Å². The monoisotopic (exact) mass is 359 g/mol. The molecule has 0 bridgehead atoms. The first-order valence-corrected chi connectivity index (χ1v) is 8.35. The summed E-state index contributed by atoms with van der Waals surface area (Å²) in [6.07, 6.45) is -0.590. The molecule has 26 heavy (non-hydrogen) atoms. The lowest BCUT2D eigenvalue weighted by molar-refractivity contribution is -0.116. The number of carbonyl (C=O) groups excluding carboxylic acids is 1. The van der Waals surface area contributed by atoms with E-state index in [4.69, 9.17) is 9.84 Å². The fraction of sp³-hybridized carbons (Fsp3) is 0.389. The molecule has 0 saturated carbocycles. The quantitative estimate of drug-likeness (QED) is 0.803. The van der Waals surface area contributed by atoms with Crippen LogP contribution in [0.25, 0.3) is 0 Å². The SMILES string of the molecule is CC(=O)N(Cc1ccccc1)c1ccn([C@H]2C[C@H](O)[C@@H](CO)O2)c(=O)n1. The highest BCUT2D eigenvalue weighted by atomic mass is 16.5. The number of rotatable bonds is 5. The van der Waals surface area contributed by atoms with E-state index in [2.05, 4.69) is 4.98 Å². The lowest BCUT2D eigenvalue weighted by Crippen LogP contribution is -2.33. The van der Waals surface area contributed by atoms with Crippen LogP contribution < -0.4 is 10.6 Å². The summed E-state index contributed by atoms with van der Waals surface area (Å²) in [7, 11) is 0. The van der Waals surface area contributed by atoms with E-state index < -0.39 is 24.1 Å². The summed E-state index contributed by atoms with van der Waals surface area (Å²) in [5.41, 5.74) is 0.333. The average molecular weight is 359 g/mol. The Labute approximate surface area is 150 Å². The van der Waals surface area contributed by atoms with Crippen LogP contribution in [-0.4, -0.2) is 44.5 Å². The third kappa shape index (κ3) is 3.82. The molecule has 8 heteroatoms. The molecule has 2 heterocycles. The van der Waals surface area contributed by atoms with Crippen molar-refractivity contribution >= 4 is 11.7 Å². The number of carbonyl (C=O) groups is 1. The second kappa shape index (κ2) is 7.77. The maximum atomic E-state index is 12.4. The molecule has 1 saturated heterocycles. The van der Waals surface area contributed by atoms with Crippen molar-refractivity contribution in [1.29, 1.82) is 0 Å². The van der Waals surface area contributed by atoms with E-state index in [1.54, 1.807) is 6.07 Å². The Morgan fingerprint density at radius 3 is 2.65 bits per heavy atom. The minimum atomic E-state index is -0.844. The topological polar surface area (TPSA) is 105 Å². The summed E-state index contributed by atoms with van der Waals surface area (Å²) < 4.78 is 6.73. The first kappa shape index (κ1) is 18.2.